The number of rotatable bonds is 8. The molecule has 0 saturated heterocycles. The summed E-state index contributed by atoms with van der Waals surface area (Å²) in [6, 6.07) is 9.73. The number of alkyl halides is 2. The number of amides is 3. The van der Waals surface area contributed by atoms with Crippen molar-refractivity contribution in [3.8, 4) is 5.75 Å². The maximum absolute atomic E-state index is 13.5. The molecule has 150 valence electrons. The van der Waals surface area contributed by atoms with Crippen molar-refractivity contribution < 1.29 is 27.5 Å². The van der Waals surface area contributed by atoms with E-state index in [0.29, 0.717) is 11.1 Å². The molecule has 0 aliphatic rings. The van der Waals surface area contributed by atoms with Crippen LogP contribution in [0.1, 0.15) is 21.5 Å². The number of nitrogens with one attached hydrogen (secondary N) is 3. The molecule has 0 aliphatic carbocycles. The quantitative estimate of drug-likeness (QED) is 0.602. The molecule has 3 N–H and O–H groups in total. The number of hydrogen-bond acceptors (Lipinski definition) is 3. The number of carbonyl (C=O) groups is 2. The topological polar surface area (TPSA) is 79.5 Å². The van der Waals surface area contributed by atoms with Gasteiger partial charge in [0.05, 0.1) is 0 Å². The Kier molecular flexibility index (Phi) is 7.67. The van der Waals surface area contributed by atoms with Crippen molar-refractivity contribution in [1.29, 1.82) is 0 Å². The lowest BCUT2D eigenvalue weighted by Gasteiger charge is -2.12. The maximum Gasteiger partial charge on any atom is 0.387 e. The number of ether oxygens (including phenoxy) is 1. The molecule has 0 saturated carbocycles. The average Bonchev–Trinajstić information content (AvgIpc) is 2.66. The summed E-state index contributed by atoms with van der Waals surface area (Å²) in [7, 11) is 0. The van der Waals surface area contributed by atoms with Crippen molar-refractivity contribution in [3.63, 3.8) is 0 Å². The lowest BCUT2D eigenvalue weighted by Crippen LogP contribution is -2.40. The minimum absolute atomic E-state index is 0.0102. The Balaban J connectivity index is 1.72. The van der Waals surface area contributed by atoms with Crippen LogP contribution in [0, 0.1) is 12.7 Å². The number of halogens is 3. The Hall–Kier alpha value is -3.23. The van der Waals surface area contributed by atoms with Crippen molar-refractivity contribution in [2.45, 2.75) is 20.1 Å². The van der Waals surface area contributed by atoms with Gasteiger partial charge in [0.15, 0.2) is 0 Å². The molecule has 2 aromatic carbocycles. The lowest BCUT2D eigenvalue weighted by molar-refractivity contribution is -0.0504. The monoisotopic (exact) mass is 395 g/mol. The van der Waals surface area contributed by atoms with Crippen molar-refractivity contribution in [2.24, 2.45) is 0 Å². The summed E-state index contributed by atoms with van der Waals surface area (Å²) >= 11 is 0. The molecule has 0 radical (unpaired) electrons. The van der Waals surface area contributed by atoms with Gasteiger partial charge in [0.2, 0.25) is 0 Å². The molecule has 9 heteroatoms. The Bertz CT molecular complexity index is 831. The van der Waals surface area contributed by atoms with E-state index in [2.05, 4.69) is 20.7 Å². The van der Waals surface area contributed by atoms with E-state index in [0.717, 1.165) is 6.07 Å². The van der Waals surface area contributed by atoms with Crippen molar-refractivity contribution >= 4 is 11.9 Å². The van der Waals surface area contributed by atoms with Gasteiger partial charge >= 0.3 is 12.6 Å². The van der Waals surface area contributed by atoms with E-state index >= 15 is 0 Å². The van der Waals surface area contributed by atoms with Crippen molar-refractivity contribution in [1.82, 2.24) is 16.0 Å². The Morgan fingerprint density at radius 3 is 2.46 bits per heavy atom. The van der Waals surface area contributed by atoms with Crippen LogP contribution in [0.2, 0.25) is 0 Å². The van der Waals surface area contributed by atoms with Gasteiger partial charge in [-0.05, 0) is 30.7 Å². The van der Waals surface area contributed by atoms with Crippen molar-refractivity contribution in [3.05, 3.63) is 65.0 Å². The van der Waals surface area contributed by atoms with Crippen LogP contribution in [0.5, 0.6) is 5.75 Å². The molecule has 0 aliphatic heterocycles. The third-order valence-corrected chi connectivity index (χ3v) is 3.76. The van der Waals surface area contributed by atoms with Gasteiger partial charge in [-0.3, -0.25) is 4.79 Å². The number of carbonyl (C=O) groups excluding carboxylic acids is 2. The second-order valence-electron chi connectivity index (χ2n) is 5.82. The zero-order chi connectivity index (χ0) is 20.5. The smallest absolute Gasteiger partial charge is 0.387 e. The molecule has 2 aromatic rings. The number of aryl methyl sites for hydroxylation is 1. The van der Waals surface area contributed by atoms with E-state index in [1.807, 2.05) is 0 Å². The van der Waals surface area contributed by atoms with Crippen molar-refractivity contribution in [2.75, 3.05) is 13.1 Å². The zero-order valence-electron chi connectivity index (χ0n) is 15.1. The number of benzene rings is 2. The first kappa shape index (κ1) is 21.1. The number of para-hydroxylation sites is 1. The maximum atomic E-state index is 13.5. The number of hydrogen-bond donors (Lipinski definition) is 3. The largest absolute Gasteiger partial charge is 0.434 e. The highest BCUT2D eigenvalue weighted by atomic mass is 19.3. The van der Waals surface area contributed by atoms with Crippen LogP contribution < -0.4 is 20.7 Å². The highest BCUT2D eigenvalue weighted by Crippen LogP contribution is 2.19. The Morgan fingerprint density at radius 2 is 1.75 bits per heavy atom. The van der Waals surface area contributed by atoms with Crippen LogP contribution in [0.3, 0.4) is 0 Å². The van der Waals surface area contributed by atoms with Crippen LogP contribution in [-0.2, 0) is 6.54 Å². The Labute approximate surface area is 160 Å². The van der Waals surface area contributed by atoms with Gasteiger partial charge in [0.25, 0.3) is 5.91 Å². The molecule has 0 unspecified atom stereocenters. The SMILES string of the molecule is Cc1ccc(C(=O)NCCNC(=O)NCc2ccccc2OC(F)F)cc1F. The summed E-state index contributed by atoms with van der Waals surface area (Å²) in [6.07, 6.45) is 0. The second kappa shape index (κ2) is 10.2. The van der Waals surface area contributed by atoms with E-state index in [4.69, 9.17) is 0 Å². The zero-order valence-corrected chi connectivity index (χ0v) is 15.1. The summed E-state index contributed by atoms with van der Waals surface area (Å²) in [5.74, 6) is -0.948. The summed E-state index contributed by atoms with van der Waals surface area (Å²) in [6.45, 7) is -1.12. The molecule has 0 aromatic heterocycles. The standard InChI is InChI=1S/C19H20F3N3O3/c1-12-6-7-13(10-15(12)20)17(26)23-8-9-24-19(27)25-11-14-4-2-3-5-16(14)28-18(21)22/h2-7,10,18H,8-9,11H2,1H3,(H,23,26)(H2,24,25,27). The molecular formula is C19H20F3N3O3. The minimum Gasteiger partial charge on any atom is -0.434 e. The lowest BCUT2D eigenvalue weighted by atomic mass is 10.1. The normalized spacial score (nSPS) is 10.5. The highest BCUT2D eigenvalue weighted by Gasteiger charge is 2.10. The second-order valence-corrected chi connectivity index (χ2v) is 5.82. The molecule has 3 amide bonds. The van der Waals surface area contributed by atoms with Gasteiger partial charge in [-0.2, -0.15) is 8.78 Å². The third-order valence-electron chi connectivity index (χ3n) is 3.76. The molecule has 0 bridgehead atoms. The first-order valence-corrected chi connectivity index (χ1v) is 8.45. The summed E-state index contributed by atoms with van der Waals surface area (Å²) < 4.78 is 42.6. The number of urea groups is 1. The summed E-state index contributed by atoms with van der Waals surface area (Å²) in [4.78, 5) is 23.7. The highest BCUT2D eigenvalue weighted by molar-refractivity contribution is 5.94. The fourth-order valence-corrected chi connectivity index (χ4v) is 2.29. The Morgan fingerprint density at radius 1 is 1.04 bits per heavy atom. The van der Waals surface area contributed by atoms with E-state index in [9.17, 15) is 22.8 Å². The summed E-state index contributed by atoms with van der Waals surface area (Å²) in [5, 5.41) is 7.58. The molecule has 0 fully saturated rings. The van der Waals surface area contributed by atoms with Gasteiger partial charge in [-0.1, -0.05) is 24.3 Å². The summed E-state index contributed by atoms with van der Waals surface area (Å²) in [5.41, 5.74) is 1.02. The molecular weight excluding hydrogens is 375 g/mol. The van der Waals surface area contributed by atoms with E-state index in [1.54, 1.807) is 25.1 Å². The van der Waals surface area contributed by atoms with Gasteiger partial charge in [0, 0.05) is 30.8 Å². The predicted molar refractivity (Wildman–Crippen MR) is 96.8 cm³/mol. The van der Waals surface area contributed by atoms with Gasteiger partial charge < -0.3 is 20.7 Å². The first-order valence-electron chi connectivity index (χ1n) is 8.45. The molecule has 0 spiro atoms. The first-order chi connectivity index (χ1) is 13.4. The van der Waals surface area contributed by atoms with Crippen LogP contribution in [0.25, 0.3) is 0 Å². The van der Waals surface area contributed by atoms with Crippen LogP contribution in [0.15, 0.2) is 42.5 Å². The van der Waals surface area contributed by atoms with E-state index in [1.165, 1.54) is 18.2 Å². The third kappa shape index (κ3) is 6.49. The fraction of sp³-hybridized carbons (Fsp3) is 0.263. The molecule has 6 nitrogen and oxygen atoms in total. The van der Waals surface area contributed by atoms with E-state index < -0.39 is 24.4 Å². The van der Waals surface area contributed by atoms with Gasteiger partial charge in [-0.15, -0.1) is 0 Å². The average molecular weight is 395 g/mol. The fourth-order valence-electron chi connectivity index (χ4n) is 2.29. The molecule has 28 heavy (non-hydrogen) atoms. The van der Waals surface area contributed by atoms with Crippen LogP contribution in [-0.4, -0.2) is 31.6 Å². The molecule has 2 rings (SSSR count). The minimum atomic E-state index is -2.96. The van der Waals surface area contributed by atoms with Crippen LogP contribution >= 0.6 is 0 Å². The van der Waals surface area contributed by atoms with Gasteiger partial charge in [-0.25, -0.2) is 9.18 Å². The van der Waals surface area contributed by atoms with Gasteiger partial charge in [0.1, 0.15) is 11.6 Å². The predicted octanol–water partition coefficient (Wildman–Crippen LogP) is 2.96. The molecule has 0 atom stereocenters. The molecule has 0 heterocycles. The van der Waals surface area contributed by atoms with E-state index in [-0.39, 0.29) is 30.9 Å². The van der Waals surface area contributed by atoms with Crippen LogP contribution in [0.4, 0.5) is 18.0 Å².